The molecule has 2 atom stereocenters. The molecule has 0 spiro atoms. The second-order valence-corrected chi connectivity index (χ2v) is 11.5. The van der Waals surface area contributed by atoms with Crippen LogP contribution in [0.4, 0.5) is 24.5 Å². The molecule has 0 saturated heterocycles. The van der Waals surface area contributed by atoms with Gasteiger partial charge in [-0.2, -0.15) is 13.2 Å². The van der Waals surface area contributed by atoms with E-state index in [2.05, 4.69) is 26.6 Å². The lowest BCUT2D eigenvalue weighted by atomic mass is 10.0. The number of anilines is 2. The number of nitrogens with one attached hydrogen (secondary N) is 2. The van der Waals surface area contributed by atoms with Crippen LogP contribution in [0.25, 0.3) is 10.8 Å². The van der Waals surface area contributed by atoms with E-state index in [1.54, 1.807) is 38.2 Å². The van der Waals surface area contributed by atoms with Gasteiger partial charge in [0, 0.05) is 15.6 Å². The molecule has 0 radical (unpaired) electrons. The minimum absolute atomic E-state index is 0. The quantitative estimate of drug-likeness (QED) is 0.233. The second-order valence-electron chi connectivity index (χ2n) is 10.6. The van der Waals surface area contributed by atoms with Crippen LogP contribution in [-0.2, 0) is 22.3 Å². The maximum Gasteiger partial charge on any atom is 0.416 e. The number of ether oxygens (including phenoxy) is 1. The molecule has 13 heteroatoms. The van der Waals surface area contributed by atoms with Gasteiger partial charge >= 0.3 is 6.18 Å². The Balaban J connectivity index is 0.00000480. The van der Waals surface area contributed by atoms with Crippen LogP contribution >= 0.6 is 28.3 Å². The number of likely N-dealkylation sites (N-methyl/N-ethyl adjacent to an activating group) is 1. The Hall–Kier alpha value is -4.13. The highest BCUT2D eigenvalue weighted by Gasteiger charge is 2.38. The van der Waals surface area contributed by atoms with Crippen LogP contribution in [0.15, 0.2) is 83.3 Å². The maximum absolute atomic E-state index is 14.4. The highest BCUT2D eigenvalue weighted by atomic mass is 79.9. The topological polar surface area (TPSA) is 91.0 Å². The largest absolute Gasteiger partial charge is 0.496 e. The molecule has 0 fully saturated rings. The molecule has 242 valence electrons. The van der Waals surface area contributed by atoms with Crippen molar-refractivity contribution < 1.29 is 32.3 Å². The molecular weight excluding hydrogens is 689 g/mol. The summed E-state index contributed by atoms with van der Waals surface area (Å²) in [6.45, 7) is 1.41. The number of fused-ring (bicyclic) bond motifs is 2. The van der Waals surface area contributed by atoms with Gasteiger partial charge in [-0.1, -0.05) is 40.2 Å². The number of halogens is 5. The molecule has 0 aliphatic carbocycles. The lowest BCUT2D eigenvalue weighted by Crippen LogP contribution is -2.55. The summed E-state index contributed by atoms with van der Waals surface area (Å²) in [7, 11) is 3.14. The first kappa shape index (κ1) is 34.7. The summed E-state index contributed by atoms with van der Waals surface area (Å²) < 4.78 is 46.3. The smallest absolute Gasteiger partial charge is 0.416 e. The Kier molecular flexibility index (Phi) is 10.7. The molecule has 1 heterocycles. The van der Waals surface area contributed by atoms with E-state index < -0.39 is 41.5 Å². The van der Waals surface area contributed by atoms with Gasteiger partial charge < -0.3 is 25.2 Å². The standard InChI is InChI=1S/C33H30BrF3N4O4.ClH/c1-19(38-2)30(42)39-26-18-41(31(43)20-8-11-22(12-9-20)33(35,36)37)28-7-5-4-6-27(28)40(32(26)44)17-25-24-14-13-23(34)16-21(24)10-15-29(25)45-3;/h4-16,19,26,38H,17-18H2,1-3H3,(H,39,42);1H. The number of para-hydroxylation sites is 2. The van der Waals surface area contributed by atoms with Crippen molar-refractivity contribution in [3.63, 3.8) is 0 Å². The molecular formula is C33H31BrClF3N4O4. The van der Waals surface area contributed by atoms with E-state index in [1.165, 1.54) is 16.9 Å². The molecule has 4 aromatic carbocycles. The fourth-order valence-electron chi connectivity index (χ4n) is 5.29. The zero-order valence-electron chi connectivity index (χ0n) is 25.0. The minimum atomic E-state index is -4.57. The third kappa shape index (κ3) is 6.98. The Bertz CT molecular complexity index is 1770. The fraction of sp³-hybridized carbons (Fsp3) is 0.242. The molecule has 0 saturated carbocycles. The molecule has 1 aliphatic rings. The number of hydrogen-bond donors (Lipinski definition) is 2. The Labute approximate surface area is 278 Å². The number of amides is 3. The lowest BCUT2D eigenvalue weighted by Gasteiger charge is -2.27. The molecule has 0 aromatic heterocycles. The summed E-state index contributed by atoms with van der Waals surface area (Å²) in [6.07, 6.45) is -4.57. The number of rotatable bonds is 7. The van der Waals surface area contributed by atoms with Crippen molar-refractivity contribution in [2.75, 3.05) is 30.5 Å². The first-order valence-corrected chi connectivity index (χ1v) is 14.8. The normalized spacial score (nSPS) is 15.5. The highest BCUT2D eigenvalue weighted by molar-refractivity contribution is 9.10. The van der Waals surface area contributed by atoms with Crippen molar-refractivity contribution in [2.45, 2.75) is 31.7 Å². The van der Waals surface area contributed by atoms with Gasteiger partial charge in [0.05, 0.1) is 43.2 Å². The van der Waals surface area contributed by atoms with Crippen LogP contribution in [0.2, 0.25) is 0 Å². The van der Waals surface area contributed by atoms with Gasteiger partial charge in [-0.3, -0.25) is 14.4 Å². The van der Waals surface area contributed by atoms with Crippen LogP contribution in [0.5, 0.6) is 5.75 Å². The predicted octanol–water partition coefficient (Wildman–Crippen LogP) is 6.34. The van der Waals surface area contributed by atoms with Crippen LogP contribution < -0.4 is 25.2 Å². The number of methoxy groups -OCH3 is 1. The Morgan fingerprint density at radius 3 is 2.33 bits per heavy atom. The minimum Gasteiger partial charge on any atom is -0.496 e. The number of alkyl halides is 3. The van der Waals surface area contributed by atoms with Crippen molar-refractivity contribution in [3.05, 3.63) is 100 Å². The van der Waals surface area contributed by atoms with Crippen LogP contribution in [0, 0.1) is 0 Å². The summed E-state index contributed by atoms with van der Waals surface area (Å²) in [5.74, 6) is -1.02. The van der Waals surface area contributed by atoms with E-state index in [1.807, 2.05) is 30.3 Å². The second kappa shape index (κ2) is 14.1. The van der Waals surface area contributed by atoms with Gasteiger partial charge in [0.15, 0.2) is 0 Å². The number of carbonyl (C=O) groups is 3. The first-order chi connectivity index (χ1) is 21.4. The average Bonchev–Trinajstić information content (AvgIpc) is 3.14. The number of hydrogen-bond acceptors (Lipinski definition) is 5. The van der Waals surface area contributed by atoms with Gasteiger partial charge in [-0.15, -0.1) is 12.4 Å². The molecule has 46 heavy (non-hydrogen) atoms. The van der Waals surface area contributed by atoms with Crippen molar-refractivity contribution in [2.24, 2.45) is 0 Å². The zero-order valence-corrected chi connectivity index (χ0v) is 27.4. The van der Waals surface area contributed by atoms with Gasteiger partial charge in [0.2, 0.25) is 5.91 Å². The van der Waals surface area contributed by atoms with Crippen LogP contribution in [0.1, 0.15) is 28.4 Å². The van der Waals surface area contributed by atoms with Crippen molar-refractivity contribution in [1.82, 2.24) is 10.6 Å². The molecule has 2 unspecified atom stereocenters. The SMILES string of the molecule is CNC(C)C(=O)NC1CN(C(=O)c2ccc(C(F)(F)F)cc2)c2ccccc2N(Cc2c(OC)ccc3cc(Br)ccc23)C1=O.Cl. The summed E-state index contributed by atoms with van der Waals surface area (Å²) >= 11 is 3.50. The number of benzene rings is 4. The van der Waals surface area contributed by atoms with E-state index in [-0.39, 0.29) is 31.1 Å². The Morgan fingerprint density at radius 1 is 1.02 bits per heavy atom. The van der Waals surface area contributed by atoms with E-state index in [0.29, 0.717) is 22.7 Å². The van der Waals surface area contributed by atoms with Gasteiger partial charge in [-0.25, -0.2) is 0 Å². The monoisotopic (exact) mass is 718 g/mol. The molecule has 1 aliphatic heterocycles. The first-order valence-electron chi connectivity index (χ1n) is 14.0. The van der Waals surface area contributed by atoms with Gasteiger partial charge in [-0.05, 0) is 79.3 Å². The van der Waals surface area contributed by atoms with E-state index in [9.17, 15) is 27.6 Å². The predicted molar refractivity (Wildman–Crippen MR) is 177 cm³/mol. The third-order valence-corrected chi connectivity index (χ3v) is 8.32. The maximum atomic E-state index is 14.4. The summed E-state index contributed by atoms with van der Waals surface area (Å²) in [5.41, 5.74) is 0.558. The van der Waals surface area contributed by atoms with E-state index in [4.69, 9.17) is 4.74 Å². The van der Waals surface area contributed by atoms with Crippen LogP contribution in [-0.4, -0.2) is 50.5 Å². The Morgan fingerprint density at radius 2 is 1.70 bits per heavy atom. The zero-order chi connectivity index (χ0) is 32.5. The molecule has 5 rings (SSSR count). The summed E-state index contributed by atoms with van der Waals surface area (Å²) in [6, 6.07) is 18.3. The molecule has 4 aromatic rings. The van der Waals surface area contributed by atoms with Crippen molar-refractivity contribution in [1.29, 1.82) is 0 Å². The van der Waals surface area contributed by atoms with Crippen molar-refractivity contribution in [3.8, 4) is 5.75 Å². The van der Waals surface area contributed by atoms with E-state index in [0.717, 1.165) is 39.5 Å². The van der Waals surface area contributed by atoms with E-state index >= 15 is 0 Å². The van der Waals surface area contributed by atoms with Crippen LogP contribution in [0.3, 0.4) is 0 Å². The third-order valence-electron chi connectivity index (χ3n) is 7.83. The molecule has 3 amide bonds. The average molecular weight is 720 g/mol. The fourth-order valence-corrected chi connectivity index (χ4v) is 5.67. The highest BCUT2D eigenvalue weighted by Crippen LogP contribution is 2.38. The molecule has 0 bridgehead atoms. The van der Waals surface area contributed by atoms with Crippen molar-refractivity contribution >= 4 is 68.2 Å². The summed E-state index contributed by atoms with van der Waals surface area (Å²) in [4.78, 5) is 44.2. The molecule has 2 N–H and O–H groups in total. The summed E-state index contributed by atoms with van der Waals surface area (Å²) in [5, 5.41) is 7.36. The van der Waals surface area contributed by atoms with Gasteiger partial charge in [0.25, 0.3) is 11.8 Å². The molecule has 8 nitrogen and oxygen atoms in total. The number of nitrogens with zero attached hydrogens (tertiary/aromatic N) is 2. The lowest BCUT2D eigenvalue weighted by molar-refractivity contribution is -0.137. The number of carbonyl (C=O) groups excluding carboxylic acids is 3. The van der Waals surface area contributed by atoms with Gasteiger partial charge in [0.1, 0.15) is 11.8 Å².